The number of nitrogens with one attached hydrogen (secondary N) is 2. The second-order valence-electron chi connectivity index (χ2n) is 9.14. The lowest BCUT2D eigenvalue weighted by Gasteiger charge is -2.35. The minimum atomic E-state index is -0.574. The molecular weight excluding hydrogens is 422 g/mol. The third kappa shape index (κ3) is 6.99. The standard InChI is InChI=1S/C25H37N3O3S/c1-18-8-6-9-19(16-18)23(29)27-22(13-15-32-2)25(31)28-14-7-10-20(17-28)24(30)26-21-11-4-3-5-12-21/h6,8-9,16,20-22H,3-5,7,10-15,17H2,1-2H3,(H,26,30)(H,27,29). The van der Waals surface area contributed by atoms with Gasteiger partial charge in [-0.1, -0.05) is 37.0 Å². The van der Waals surface area contributed by atoms with Gasteiger partial charge in [0.25, 0.3) is 5.91 Å². The van der Waals surface area contributed by atoms with E-state index in [4.69, 9.17) is 0 Å². The zero-order chi connectivity index (χ0) is 22.9. The minimum absolute atomic E-state index is 0.0739. The van der Waals surface area contributed by atoms with Crippen LogP contribution in [0.15, 0.2) is 24.3 Å². The summed E-state index contributed by atoms with van der Waals surface area (Å²) in [6, 6.07) is 7.10. The predicted molar refractivity (Wildman–Crippen MR) is 130 cm³/mol. The highest BCUT2D eigenvalue weighted by atomic mass is 32.2. The molecule has 3 amide bonds. The van der Waals surface area contributed by atoms with Gasteiger partial charge in [0.2, 0.25) is 11.8 Å². The number of carbonyl (C=O) groups excluding carboxylic acids is 3. The van der Waals surface area contributed by atoms with E-state index in [0.717, 1.165) is 37.0 Å². The van der Waals surface area contributed by atoms with Gasteiger partial charge in [0, 0.05) is 24.7 Å². The molecule has 2 N–H and O–H groups in total. The molecule has 3 rings (SSSR count). The van der Waals surface area contributed by atoms with Crippen molar-refractivity contribution in [1.82, 2.24) is 15.5 Å². The molecule has 1 heterocycles. The van der Waals surface area contributed by atoms with E-state index >= 15 is 0 Å². The number of hydrogen-bond donors (Lipinski definition) is 2. The largest absolute Gasteiger partial charge is 0.353 e. The summed E-state index contributed by atoms with van der Waals surface area (Å²) >= 11 is 1.66. The fraction of sp³-hybridized carbons (Fsp3) is 0.640. The Kier molecular flexibility index (Phi) is 9.45. The van der Waals surface area contributed by atoms with Crippen LogP contribution in [0.2, 0.25) is 0 Å². The van der Waals surface area contributed by atoms with Gasteiger partial charge in [-0.3, -0.25) is 14.4 Å². The fourth-order valence-corrected chi connectivity index (χ4v) is 5.17. The van der Waals surface area contributed by atoms with Crippen molar-refractivity contribution in [2.24, 2.45) is 5.92 Å². The quantitative estimate of drug-likeness (QED) is 0.623. The van der Waals surface area contributed by atoms with Crippen molar-refractivity contribution in [1.29, 1.82) is 0 Å². The monoisotopic (exact) mass is 459 g/mol. The van der Waals surface area contributed by atoms with Crippen LogP contribution in [0.1, 0.15) is 67.3 Å². The van der Waals surface area contributed by atoms with Gasteiger partial charge in [0.1, 0.15) is 6.04 Å². The molecule has 7 heteroatoms. The highest BCUT2D eigenvalue weighted by molar-refractivity contribution is 7.98. The number of aryl methyl sites for hydroxylation is 1. The van der Waals surface area contributed by atoms with Crippen LogP contribution in [0, 0.1) is 12.8 Å². The molecule has 1 aliphatic heterocycles. The van der Waals surface area contributed by atoms with Crippen LogP contribution < -0.4 is 10.6 Å². The van der Waals surface area contributed by atoms with Gasteiger partial charge < -0.3 is 15.5 Å². The maximum absolute atomic E-state index is 13.4. The molecule has 1 saturated heterocycles. The molecule has 6 nitrogen and oxygen atoms in total. The molecule has 1 aliphatic carbocycles. The number of carbonyl (C=O) groups is 3. The molecule has 1 saturated carbocycles. The second-order valence-corrected chi connectivity index (χ2v) is 10.1. The van der Waals surface area contributed by atoms with E-state index in [2.05, 4.69) is 10.6 Å². The van der Waals surface area contributed by atoms with Crippen LogP contribution in [-0.4, -0.2) is 59.8 Å². The van der Waals surface area contributed by atoms with E-state index in [9.17, 15) is 14.4 Å². The number of piperidine rings is 1. The Balaban J connectivity index is 1.61. The normalized spacial score (nSPS) is 20.4. The topological polar surface area (TPSA) is 78.5 Å². The highest BCUT2D eigenvalue weighted by Crippen LogP contribution is 2.22. The molecule has 2 fully saturated rings. The average molecular weight is 460 g/mol. The van der Waals surface area contributed by atoms with E-state index in [1.807, 2.05) is 31.4 Å². The molecule has 2 unspecified atom stereocenters. The minimum Gasteiger partial charge on any atom is -0.353 e. The predicted octanol–water partition coefficient (Wildman–Crippen LogP) is 3.53. The summed E-state index contributed by atoms with van der Waals surface area (Å²) in [5.74, 6) is 0.401. The Morgan fingerprint density at radius 2 is 1.91 bits per heavy atom. The molecule has 2 atom stereocenters. The molecule has 0 spiro atoms. The third-order valence-electron chi connectivity index (χ3n) is 6.55. The molecule has 1 aromatic rings. The van der Waals surface area contributed by atoms with Crippen LogP contribution in [0.4, 0.5) is 0 Å². The van der Waals surface area contributed by atoms with Crippen molar-refractivity contribution in [2.45, 2.75) is 70.4 Å². The van der Waals surface area contributed by atoms with Crippen molar-refractivity contribution in [3.05, 3.63) is 35.4 Å². The SMILES string of the molecule is CSCCC(NC(=O)c1cccc(C)c1)C(=O)N1CCCC(C(=O)NC2CCCCC2)C1. The van der Waals surface area contributed by atoms with Gasteiger partial charge in [-0.2, -0.15) is 11.8 Å². The zero-order valence-electron chi connectivity index (χ0n) is 19.4. The molecule has 0 radical (unpaired) electrons. The molecular formula is C25H37N3O3S. The Morgan fingerprint density at radius 3 is 2.62 bits per heavy atom. The van der Waals surface area contributed by atoms with Crippen molar-refractivity contribution < 1.29 is 14.4 Å². The first-order valence-corrected chi connectivity index (χ1v) is 13.3. The summed E-state index contributed by atoms with van der Waals surface area (Å²) in [5, 5.41) is 6.18. The second kappa shape index (κ2) is 12.3. The number of nitrogens with zero attached hydrogens (tertiary/aromatic N) is 1. The van der Waals surface area contributed by atoms with Gasteiger partial charge in [0.15, 0.2) is 0 Å². The maximum atomic E-state index is 13.4. The van der Waals surface area contributed by atoms with Crippen LogP contribution >= 0.6 is 11.8 Å². The summed E-state index contributed by atoms with van der Waals surface area (Å²) in [4.78, 5) is 40.8. The van der Waals surface area contributed by atoms with E-state index in [-0.39, 0.29) is 29.7 Å². The van der Waals surface area contributed by atoms with Gasteiger partial charge in [-0.15, -0.1) is 0 Å². The molecule has 0 aromatic heterocycles. The number of hydrogen-bond acceptors (Lipinski definition) is 4. The molecule has 176 valence electrons. The van der Waals surface area contributed by atoms with Crippen molar-refractivity contribution in [3.63, 3.8) is 0 Å². The Morgan fingerprint density at radius 1 is 1.12 bits per heavy atom. The lowest BCUT2D eigenvalue weighted by molar-refractivity contribution is -0.137. The maximum Gasteiger partial charge on any atom is 0.251 e. The summed E-state index contributed by atoms with van der Waals surface area (Å²) in [7, 11) is 0. The first kappa shape index (κ1) is 24.6. The van der Waals surface area contributed by atoms with Gasteiger partial charge in [-0.05, 0) is 63.2 Å². The van der Waals surface area contributed by atoms with E-state index in [0.29, 0.717) is 25.1 Å². The lowest BCUT2D eigenvalue weighted by Crippen LogP contribution is -2.53. The van der Waals surface area contributed by atoms with E-state index < -0.39 is 6.04 Å². The summed E-state index contributed by atoms with van der Waals surface area (Å²) in [6.45, 7) is 3.02. The van der Waals surface area contributed by atoms with Crippen molar-refractivity contribution in [3.8, 4) is 0 Å². The third-order valence-corrected chi connectivity index (χ3v) is 7.19. The van der Waals surface area contributed by atoms with Crippen LogP contribution in [0.25, 0.3) is 0 Å². The molecule has 0 bridgehead atoms. The average Bonchev–Trinajstić information content (AvgIpc) is 2.82. The summed E-state index contributed by atoms with van der Waals surface area (Å²) in [5.41, 5.74) is 1.57. The lowest BCUT2D eigenvalue weighted by atomic mass is 9.92. The van der Waals surface area contributed by atoms with E-state index in [1.54, 1.807) is 22.7 Å². The Bertz CT molecular complexity index is 794. The number of thioether (sulfide) groups is 1. The zero-order valence-corrected chi connectivity index (χ0v) is 20.2. The van der Waals surface area contributed by atoms with Gasteiger partial charge in [-0.25, -0.2) is 0 Å². The number of rotatable bonds is 8. The van der Waals surface area contributed by atoms with Crippen molar-refractivity contribution >= 4 is 29.5 Å². The van der Waals surface area contributed by atoms with Gasteiger partial charge in [0.05, 0.1) is 5.92 Å². The van der Waals surface area contributed by atoms with Gasteiger partial charge >= 0.3 is 0 Å². The summed E-state index contributed by atoms with van der Waals surface area (Å²) < 4.78 is 0. The number of amides is 3. The Hall–Kier alpha value is -2.02. The van der Waals surface area contributed by atoms with E-state index in [1.165, 1.54) is 19.3 Å². The van der Waals surface area contributed by atoms with Crippen LogP contribution in [0.5, 0.6) is 0 Å². The number of benzene rings is 1. The Labute approximate surface area is 196 Å². The first-order chi connectivity index (χ1) is 15.5. The highest BCUT2D eigenvalue weighted by Gasteiger charge is 2.33. The molecule has 2 aliphatic rings. The van der Waals surface area contributed by atoms with Crippen LogP contribution in [0.3, 0.4) is 0 Å². The van der Waals surface area contributed by atoms with Crippen molar-refractivity contribution in [2.75, 3.05) is 25.1 Å². The first-order valence-electron chi connectivity index (χ1n) is 11.9. The van der Waals surface area contributed by atoms with Crippen LogP contribution in [-0.2, 0) is 9.59 Å². The number of likely N-dealkylation sites (tertiary alicyclic amines) is 1. The molecule has 1 aromatic carbocycles. The fourth-order valence-electron chi connectivity index (χ4n) is 4.70. The summed E-state index contributed by atoms with van der Waals surface area (Å²) in [6.07, 6.45) is 9.93. The smallest absolute Gasteiger partial charge is 0.251 e. The molecule has 32 heavy (non-hydrogen) atoms.